The number of unbranched alkanes of at least 4 members (excludes halogenated alkanes) is 15. The van der Waals surface area contributed by atoms with Gasteiger partial charge in [-0.1, -0.05) is 134 Å². The Kier molecular flexibility index (Phi) is 31.9. The van der Waals surface area contributed by atoms with Crippen LogP contribution in [0.15, 0.2) is 36.5 Å². The maximum absolute atomic E-state index is 12.6. The molecule has 0 aromatic heterocycles. The molecular formula is C40H74NO8P. The molecular weight excluding hydrogens is 653 g/mol. The van der Waals surface area contributed by atoms with E-state index in [0.717, 1.165) is 38.5 Å². The first-order valence-corrected chi connectivity index (χ1v) is 21.2. The van der Waals surface area contributed by atoms with Crippen molar-refractivity contribution in [3.8, 4) is 0 Å². The second-order valence-electron chi connectivity index (χ2n) is 14.3. The molecule has 2 atom stereocenters. The van der Waals surface area contributed by atoms with Crippen molar-refractivity contribution in [3.63, 3.8) is 0 Å². The first-order valence-electron chi connectivity index (χ1n) is 19.7. The Morgan fingerprint density at radius 2 is 1.10 bits per heavy atom. The normalized spacial score (nSPS) is 14.1. The summed E-state index contributed by atoms with van der Waals surface area (Å²) in [6, 6.07) is 0. The van der Waals surface area contributed by atoms with E-state index < -0.39 is 32.5 Å². The summed E-state index contributed by atoms with van der Waals surface area (Å²) >= 11 is 0. The molecule has 0 heterocycles. The van der Waals surface area contributed by atoms with Crippen molar-refractivity contribution in [2.45, 2.75) is 161 Å². The van der Waals surface area contributed by atoms with Gasteiger partial charge in [-0.25, -0.2) is 0 Å². The highest BCUT2D eigenvalue weighted by Crippen LogP contribution is 2.38. The molecule has 0 aliphatic carbocycles. The number of carbonyl (C=O) groups is 2. The number of likely N-dealkylation sites (N-methyl/N-ethyl adjacent to an activating group) is 1. The van der Waals surface area contributed by atoms with Gasteiger partial charge >= 0.3 is 11.9 Å². The summed E-state index contributed by atoms with van der Waals surface area (Å²) in [5.41, 5.74) is 0. The average Bonchev–Trinajstić information content (AvgIpc) is 3.06. The van der Waals surface area contributed by atoms with Gasteiger partial charge in [0.2, 0.25) is 0 Å². The third-order valence-electron chi connectivity index (χ3n) is 8.16. The molecule has 0 aliphatic rings. The van der Waals surface area contributed by atoms with Gasteiger partial charge in [-0.05, 0) is 44.9 Å². The van der Waals surface area contributed by atoms with E-state index >= 15 is 0 Å². The van der Waals surface area contributed by atoms with Crippen LogP contribution in [0.25, 0.3) is 0 Å². The van der Waals surface area contributed by atoms with Crippen molar-refractivity contribution >= 4 is 19.8 Å². The fraction of sp³-hybridized carbons (Fsp3) is 0.800. The highest BCUT2D eigenvalue weighted by molar-refractivity contribution is 7.45. The molecule has 0 aromatic carbocycles. The van der Waals surface area contributed by atoms with Crippen molar-refractivity contribution in [2.24, 2.45) is 0 Å². The van der Waals surface area contributed by atoms with Crippen LogP contribution in [-0.2, 0) is 32.7 Å². The third-order valence-corrected chi connectivity index (χ3v) is 9.13. The minimum Gasteiger partial charge on any atom is -0.756 e. The van der Waals surface area contributed by atoms with E-state index in [0.29, 0.717) is 23.9 Å². The predicted octanol–water partition coefficient (Wildman–Crippen LogP) is 9.94. The molecule has 0 rings (SSSR count). The van der Waals surface area contributed by atoms with E-state index in [9.17, 15) is 19.0 Å². The second-order valence-corrected chi connectivity index (χ2v) is 15.7. The summed E-state index contributed by atoms with van der Waals surface area (Å²) in [6.45, 7) is 4.12. The lowest BCUT2D eigenvalue weighted by atomic mass is 10.1. The van der Waals surface area contributed by atoms with Crippen molar-refractivity contribution in [3.05, 3.63) is 36.5 Å². The standard InChI is InChI=1S/C40H74NO8P/c1-6-8-10-12-14-16-17-18-19-20-21-22-23-25-27-29-31-33-40(43)49-38(37-48-50(44,45)47-35-34-41(3,4)5)36-46-39(42)32-30-28-26-24-15-13-11-9-7-2/h18-19,21-22,25,27,38H,6-17,20,23-24,26,28-37H2,1-5H3/b19-18+,22-21+,27-25+/t38-/m1/s1. The third kappa shape index (κ3) is 36.0. The Labute approximate surface area is 306 Å². The Hall–Kier alpha value is -1.77. The lowest BCUT2D eigenvalue weighted by Gasteiger charge is -2.28. The maximum Gasteiger partial charge on any atom is 0.306 e. The number of phosphoric ester groups is 1. The van der Waals surface area contributed by atoms with Crippen LogP contribution >= 0.6 is 7.82 Å². The molecule has 0 spiro atoms. The van der Waals surface area contributed by atoms with Crippen LogP contribution in [0.1, 0.15) is 155 Å². The maximum atomic E-state index is 12.6. The fourth-order valence-corrected chi connectivity index (χ4v) is 5.75. The highest BCUT2D eigenvalue weighted by atomic mass is 31.2. The van der Waals surface area contributed by atoms with Gasteiger partial charge in [-0.3, -0.25) is 14.2 Å². The number of nitrogens with zero attached hydrogens (tertiary/aromatic N) is 1. The van der Waals surface area contributed by atoms with E-state index in [1.807, 2.05) is 27.2 Å². The fourth-order valence-electron chi connectivity index (χ4n) is 5.02. The number of hydrogen-bond acceptors (Lipinski definition) is 8. The zero-order valence-corrected chi connectivity index (χ0v) is 33.5. The zero-order valence-electron chi connectivity index (χ0n) is 32.6. The minimum absolute atomic E-state index is 0.0396. The first-order chi connectivity index (χ1) is 24.0. The largest absolute Gasteiger partial charge is 0.756 e. The van der Waals surface area contributed by atoms with Gasteiger partial charge in [0, 0.05) is 12.8 Å². The van der Waals surface area contributed by atoms with Crippen LogP contribution in [0.5, 0.6) is 0 Å². The van der Waals surface area contributed by atoms with Crippen LogP contribution in [0.2, 0.25) is 0 Å². The Morgan fingerprint density at radius 3 is 1.66 bits per heavy atom. The summed E-state index contributed by atoms with van der Waals surface area (Å²) in [6.07, 6.45) is 34.7. The summed E-state index contributed by atoms with van der Waals surface area (Å²) in [5.74, 6) is -0.900. The van der Waals surface area contributed by atoms with Crippen LogP contribution < -0.4 is 4.89 Å². The molecule has 1 unspecified atom stereocenters. The number of hydrogen-bond donors (Lipinski definition) is 0. The smallest absolute Gasteiger partial charge is 0.306 e. The van der Waals surface area contributed by atoms with Crippen LogP contribution in [0, 0.1) is 0 Å². The number of allylic oxidation sites excluding steroid dienone is 6. The highest BCUT2D eigenvalue weighted by Gasteiger charge is 2.21. The van der Waals surface area contributed by atoms with Crippen molar-refractivity contribution in [2.75, 3.05) is 47.5 Å². The molecule has 0 aliphatic heterocycles. The van der Waals surface area contributed by atoms with Gasteiger partial charge in [-0.15, -0.1) is 0 Å². The number of esters is 2. The lowest BCUT2D eigenvalue weighted by Crippen LogP contribution is -2.37. The van der Waals surface area contributed by atoms with Crippen molar-refractivity contribution in [1.82, 2.24) is 0 Å². The van der Waals surface area contributed by atoms with E-state index in [4.69, 9.17) is 18.5 Å². The molecule has 0 aromatic rings. The SMILES string of the molecule is CCCCCCCC/C=C/C/C=C/C/C=C/CCCC(=O)O[C@H](COC(=O)CCCCCCCCCCC)COP(=O)([O-])OCC[N+](C)(C)C. The molecule has 0 N–H and O–H groups in total. The molecule has 0 bridgehead atoms. The van der Waals surface area contributed by atoms with Crippen LogP contribution in [0.3, 0.4) is 0 Å². The van der Waals surface area contributed by atoms with Crippen LogP contribution in [-0.4, -0.2) is 70.0 Å². The molecule has 9 nitrogen and oxygen atoms in total. The monoisotopic (exact) mass is 728 g/mol. The van der Waals surface area contributed by atoms with Gasteiger partial charge in [-0.2, -0.15) is 0 Å². The molecule has 0 saturated carbocycles. The summed E-state index contributed by atoms with van der Waals surface area (Å²) < 4.78 is 33.6. The second kappa shape index (κ2) is 33.1. The first kappa shape index (κ1) is 48.2. The average molecular weight is 728 g/mol. The molecule has 292 valence electrons. The van der Waals surface area contributed by atoms with E-state index in [1.54, 1.807) is 0 Å². The number of ether oxygens (including phenoxy) is 2. The Balaban J connectivity index is 4.50. The van der Waals surface area contributed by atoms with Gasteiger partial charge in [0.05, 0.1) is 27.7 Å². The van der Waals surface area contributed by atoms with Gasteiger partial charge in [0.15, 0.2) is 6.10 Å². The topological polar surface area (TPSA) is 111 Å². The number of rotatable bonds is 35. The zero-order chi connectivity index (χ0) is 37.2. The number of quaternary nitrogens is 1. The number of carbonyl (C=O) groups excluding carboxylic acids is 2. The van der Waals surface area contributed by atoms with Gasteiger partial charge in [0.1, 0.15) is 19.8 Å². The summed E-state index contributed by atoms with van der Waals surface area (Å²) in [7, 11) is 1.13. The predicted molar refractivity (Wildman–Crippen MR) is 204 cm³/mol. The Bertz CT molecular complexity index is 959. The van der Waals surface area contributed by atoms with Crippen molar-refractivity contribution in [1.29, 1.82) is 0 Å². The molecule has 0 saturated heterocycles. The van der Waals surface area contributed by atoms with E-state index in [2.05, 4.69) is 44.2 Å². The number of phosphoric acid groups is 1. The van der Waals surface area contributed by atoms with Gasteiger partial charge < -0.3 is 27.9 Å². The molecule has 0 fully saturated rings. The molecule has 0 amide bonds. The summed E-state index contributed by atoms with van der Waals surface area (Å²) in [4.78, 5) is 37.2. The summed E-state index contributed by atoms with van der Waals surface area (Å²) in [5, 5.41) is 0. The van der Waals surface area contributed by atoms with E-state index in [-0.39, 0.29) is 26.1 Å². The van der Waals surface area contributed by atoms with Crippen molar-refractivity contribution < 1.29 is 42.1 Å². The molecule has 0 radical (unpaired) electrons. The molecule has 10 heteroatoms. The van der Waals surface area contributed by atoms with E-state index in [1.165, 1.54) is 77.0 Å². The quantitative estimate of drug-likeness (QED) is 0.0209. The van der Waals surface area contributed by atoms with Gasteiger partial charge in [0.25, 0.3) is 7.82 Å². The minimum atomic E-state index is -4.63. The Morgan fingerprint density at radius 1 is 0.620 bits per heavy atom. The van der Waals surface area contributed by atoms with Crippen LogP contribution in [0.4, 0.5) is 0 Å². The lowest BCUT2D eigenvalue weighted by molar-refractivity contribution is -0.870. The molecule has 50 heavy (non-hydrogen) atoms.